The highest BCUT2D eigenvalue weighted by Gasteiger charge is 2.29. The number of aromatic amines is 1. The second-order valence-electron chi connectivity index (χ2n) is 8.95. The lowest BCUT2D eigenvalue weighted by Gasteiger charge is -2.22. The zero-order valence-corrected chi connectivity index (χ0v) is 22.0. The van der Waals surface area contributed by atoms with Crippen molar-refractivity contribution in [2.45, 2.75) is 24.8 Å². The number of hydrogen-bond acceptors (Lipinski definition) is 7. The SMILES string of the molecule is CCOC(=O)CN(Cc1ccc2nc(Cc3ccc(C#N)cc3)[nH]c2c1)S(=O)(=O)c1cccc2cnccc12. The molecule has 39 heavy (non-hydrogen) atoms. The highest BCUT2D eigenvalue weighted by Crippen LogP contribution is 2.27. The van der Waals surface area contributed by atoms with Crippen molar-refractivity contribution in [3.63, 3.8) is 0 Å². The number of H-pyrrole nitrogens is 1. The maximum absolute atomic E-state index is 13.9. The van der Waals surface area contributed by atoms with Crippen molar-refractivity contribution in [1.29, 1.82) is 5.26 Å². The molecule has 0 amide bonds. The summed E-state index contributed by atoms with van der Waals surface area (Å²) in [5, 5.41) is 10.2. The summed E-state index contributed by atoms with van der Waals surface area (Å²) in [4.78, 5) is 24.6. The Hall–Kier alpha value is -4.59. The van der Waals surface area contributed by atoms with E-state index in [0.29, 0.717) is 28.3 Å². The number of aromatic nitrogens is 3. The minimum Gasteiger partial charge on any atom is -0.465 e. The number of benzene rings is 3. The van der Waals surface area contributed by atoms with Gasteiger partial charge in [0.15, 0.2) is 0 Å². The van der Waals surface area contributed by atoms with Gasteiger partial charge >= 0.3 is 5.97 Å². The van der Waals surface area contributed by atoms with E-state index in [1.807, 2.05) is 24.3 Å². The first-order valence-electron chi connectivity index (χ1n) is 12.3. The van der Waals surface area contributed by atoms with Crippen LogP contribution in [-0.4, -0.2) is 46.8 Å². The van der Waals surface area contributed by atoms with Gasteiger partial charge in [0.2, 0.25) is 10.0 Å². The van der Waals surface area contributed by atoms with E-state index in [-0.39, 0.29) is 18.0 Å². The highest BCUT2D eigenvalue weighted by molar-refractivity contribution is 7.89. The van der Waals surface area contributed by atoms with Gasteiger partial charge in [0.05, 0.1) is 34.2 Å². The summed E-state index contributed by atoms with van der Waals surface area (Å²) in [6, 6.07) is 21.5. The highest BCUT2D eigenvalue weighted by atomic mass is 32.2. The third kappa shape index (κ3) is 5.65. The van der Waals surface area contributed by atoms with Gasteiger partial charge in [-0.2, -0.15) is 9.57 Å². The molecule has 0 saturated carbocycles. The van der Waals surface area contributed by atoms with Crippen LogP contribution in [0.4, 0.5) is 0 Å². The van der Waals surface area contributed by atoms with Crippen molar-refractivity contribution in [2.24, 2.45) is 0 Å². The van der Waals surface area contributed by atoms with Gasteiger partial charge in [0, 0.05) is 36.1 Å². The number of rotatable bonds is 9. The molecule has 0 fully saturated rings. The monoisotopic (exact) mass is 539 g/mol. The molecule has 0 saturated heterocycles. The third-order valence-corrected chi connectivity index (χ3v) is 8.13. The fraction of sp³-hybridized carbons (Fsp3) is 0.172. The summed E-state index contributed by atoms with van der Waals surface area (Å²) < 4.78 is 33.9. The van der Waals surface area contributed by atoms with Gasteiger partial charge in [0.1, 0.15) is 12.4 Å². The number of carbonyl (C=O) groups excluding carboxylic acids is 1. The van der Waals surface area contributed by atoms with E-state index < -0.39 is 22.5 Å². The minimum absolute atomic E-state index is 0.0392. The molecule has 10 heteroatoms. The van der Waals surface area contributed by atoms with Crippen molar-refractivity contribution in [1.82, 2.24) is 19.3 Å². The Morgan fingerprint density at radius 3 is 2.64 bits per heavy atom. The number of fused-ring (bicyclic) bond motifs is 2. The topological polar surface area (TPSA) is 129 Å². The van der Waals surface area contributed by atoms with Gasteiger partial charge in [-0.05, 0) is 54.4 Å². The molecule has 2 aromatic heterocycles. The summed E-state index contributed by atoms with van der Waals surface area (Å²) in [6.07, 6.45) is 3.69. The molecule has 0 aliphatic rings. The number of nitrogens with zero attached hydrogens (tertiary/aromatic N) is 4. The number of esters is 1. The fourth-order valence-electron chi connectivity index (χ4n) is 4.42. The number of pyridine rings is 1. The summed E-state index contributed by atoms with van der Waals surface area (Å²) in [7, 11) is -4.08. The van der Waals surface area contributed by atoms with Crippen LogP contribution < -0.4 is 0 Å². The van der Waals surface area contributed by atoms with E-state index in [9.17, 15) is 13.2 Å². The number of imidazole rings is 1. The van der Waals surface area contributed by atoms with E-state index in [0.717, 1.165) is 26.7 Å². The maximum atomic E-state index is 13.9. The number of nitriles is 1. The van der Waals surface area contributed by atoms with Crippen LogP contribution >= 0.6 is 0 Å². The van der Waals surface area contributed by atoms with E-state index >= 15 is 0 Å². The minimum atomic E-state index is -4.08. The molecule has 2 heterocycles. The Morgan fingerprint density at radius 2 is 1.87 bits per heavy atom. The average Bonchev–Trinajstić information content (AvgIpc) is 3.34. The predicted molar refractivity (Wildman–Crippen MR) is 146 cm³/mol. The molecule has 5 rings (SSSR count). The Bertz CT molecular complexity index is 1800. The van der Waals surface area contributed by atoms with Crippen LogP contribution in [0.25, 0.3) is 21.8 Å². The molecule has 0 bridgehead atoms. The van der Waals surface area contributed by atoms with Crippen LogP contribution in [0, 0.1) is 11.3 Å². The molecular weight excluding hydrogens is 514 g/mol. The molecule has 0 atom stereocenters. The lowest BCUT2D eigenvalue weighted by molar-refractivity contribution is -0.143. The predicted octanol–water partition coefficient (Wildman–Crippen LogP) is 4.33. The van der Waals surface area contributed by atoms with Gasteiger partial charge in [-0.1, -0.05) is 30.3 Å². The number of nitrogens with one attached hydrogen (secondary N) is 1. The molecule has 0 unspecified atom stereocenters. The summed E-state index contributed by atoms with van der Waals surface area (Å²) in [5.74, 6) is 0.113. The van der Waals surface area contributed by atoms with Crippen molar-refractivity contribution in [3.8, 4) is 6.07 Å². The fourth-order valence-corrected chi connectivity index (χ4v) is 6.01. The number of hydrogen-bond donors (Lipinski definition) is 1. The molecule has 0 aliphatic heterocycles. The van der Waals surface area contributed by atoms with Gasteiger partial charge in [-0.15, -0.1) is 0 Å². The van der Waals surface area contributed by atoms with Crippen LogP contribution in [0.5, 0.6) is 0 Å². The summed E-state index contributed by atoms with van der Waals surface area (Å²) >= 11 is 0. The largest absolute Gasteiger partial charge is 0.465 e. The Kier molecular flexibility index (Phi) is 7.36. The lowest BCUT2D eigenvalue weighted by Crippen LogP contribution is -2.36. The average molecular weight is 540 g/mol. The van der Waals surface area contributed by atoms with E-state index in [1.54, 1.807) is 55.7 Å². The normalized spacial score (nSPS) is 11.6. The summed E-state index contributed by atoms with van der Waals surface area (Å²) in [5.41, 5.74) is 3.77. The Morgan fingerprint density at radius 1 is 1.08 bits per heavy atom. The zero-order chi connectivity index (χ0) is 27.4. The van der Waals surface area contributed by atoms with E-state index in [4.69, 9.17) is 10.00 Å². The number of sulfonamides is 1. The molecule has 3 aromatic carbocycles. The first-order chi connectivity index (χ1) is 18.9. The smallest absolute Gasteiger partial charge is 0.321 e. The molecule has 0 spiro atoms. The van der Waals surface area contributed by atoms with E-state index in [2.05, 4.69) is 21.0 Å². The summed E-state index contributed by atoms with van der Waals surface area (Å²) in [6.45, 7) is 1.36. The molecule has 0 aliphatic carbocycles. The zero-order valence-electron chi connectivity index (χ0n) is 21.2. The second kappa shape index (κ2) is 11.0. The molecule has 196 valence electrons. The van der Waals surface area contributed by atoms with E-state index in [1.165, 1.54) is 6.07 Å². The van der Waals surface area contributed by atoms with Gasteiger partial charge < -0.3 is 9.72 Å². The second-order valence-corrected chi connectivity index (χ2v) is 10.9. The molecular formula is C29H25N5O4S. The van der Waals surface area contributed by atoms with Crippen LogP contribution in [0.15, 0.2) is 84.0 Å². The third-order valence-electron chi connectivity index (χ3n) is 6.28. The molecule has 9 nitrogen and oxygen atoms in total. The van der Waals surface area contributed by atoms with Crippen LogP contribution in [-0.2, 0) is 32.5 Å². The number of ether oxygens (including phenoxy) is 1. The standard InChI is InChI=1S/C29H25N5O4S/c1-2-38-29(35)19-34(39(36,37)27-5-3-4-23-17-31-13-12-24(23)27)18-22-10-11-25-26(14-22)33-28(32-25)15-20-6-8-21(16-30)9-7-20/h3-14,17H,2,15,18-19H2,1H3,(H,32,33). The van der Waals surface area contributed by atoms with Crippen molar-refractivity contribution in [3.05, 3.63) is 102 Å². The first kappa shape index (κ1) is 26.0. The van der Waals surface area contributed by atoms with Crippen molar-refractivity contribution < 1.29 is 17.9 Å². The van der Waals surface area contributed by atoms with Crippen molar-refractivity contribution in [2.75, 3.05) is 13.2 Å². The Balaban J connectivity index is 1.45. The van der Waals surface area contributed by atoms with Crippen LogP contribution in [0.2, 0.25) is 0 Å². The Labute approximate surface area is 225 Å². The molecule has 0 radical (unpaired) electrons. The molecule has 5 aromatic rings. The van der Waals surface area contributed by atoms with Gasteiger partial charge in [0.25, 0.3) is 0 Å². The molecule has 1 N–H and O–H groups in total. The van der Waals surface area contributed by atoms with Crippen molar-refractivity contribution >= 4 is 37.8 Å². The maximum Gasteiger partial charge on any atom is 0.321 e. The quantitative estimate of drug-likeness (QED) is 0.276. The first-order valence-corrected chi connectivity index (χ1v) is 13.8. The van der Waals surface area contributed by atoms with Gasteiger partial charge in [-0.25, -0.2) is 13.4 Å². The lowest BCUT2D eigenvalue weighted by atomic mass is 10.1. The van der Waals surface area contributed by atoms with Gasteiger partial charge in [-0.3, -0.25) is 9.78 Å². The number of carbonyl (C=O) groups is 1. The van der Waals surface area contributed by atoms with Crippen LogP contribution in [0.3, 0.4) is 0 Å². The van der Waals surface area contributed by atoms with Crippen LogP contribution in [0.1, 0.15) is 29.4 Å².